The van der Waals surface area contributed by atoms with Gasteiger partial charge in [0, 0.05) is 6.54 Å². The van der Waals surface area contributed by atoms with Crippen molar-refractivity contribution in [2.45, 2.75) is 51.4 Å². The van der Waals surface area contributed by atoms with Gasteiger partial charge in [0.15, 0.2) is 0 Å². The van der Waals surface area contributed by atoms with Crippen molar-refractivity contribution in [3.63, 3.8) is 0 Å². The number of carboxylic acid groups (broad SMARTS) is 1. The Labute approximate surface area is 104 Å². The van der Waals surface area contributed by atoms with Gasteiger partial charge < -0.3 is 10.0 Å². The van der Waals surface area contributed by atoms with Gasteiger partial charge in [0.25, 0.3) is 0 Å². The molecule has 2 fully saturated rings. The Morgan fingerprint density at radius 2 is 1.82 bits per heavy atom. The monoisotopic (exact) mass is 239 g/mol. The van der Waals surface area contributed by atoms with Crippen LogP contribution in [0.3, 0.4) is 0 Å². The lowest BCUT2D eigenvalue weighted by Gasteiger charge is -2.19. The zero-order valence-corrected chi connectivity index (χ0v) is 10.7. The second kappa shape index (κ2) is 6.39. The summed E-state index contributed by atoms with van der Waals surface area (Å²) in [6.45, 7) is 2.89. The lowest BCUT2D eigenvalue weighted by molar-refractivity contribution is -0.141. The van der Waals surface area contributed by atoms with Crippen molar-refractivity contribution in [2.75, 3.05) is 19.6 Å². The van der Waals surface area contributed by atoms with Crippen LogP contribution in [-0.4, -0.2) is 35.6 Å². The number of hydrogen-bond donors (Lipinski definition) is 1. The van der Waals surface area contributed by atoms with E-state index in [1.54, 1.807) is 0 Å². The smallest absolute Gasteiger partial charge is 0.307 e. The molecule has 1 aliphatic carbocycles. The van der Waals surface area contributed by atoms with Crippen molar-refractivity contribution >= 4 is 5.97 Å². The summed E-state index contributed by atoms with van der Waals surface area (Å²) in [4.78, 5) is 13.2. The van der Waals surface area contributed by atoms with Gasteiger partial charge in [-0.1, -0.05) is 38.5 Å². The molecule has 2 rings (SSSR count). The van der Waals surface area contributed by atoms with Gasteiger partial charge in [-0.15, -0.1) is 0 Å². The standard InChI is InChI=1S/C14H25NO2/c16-14(17)13-8-10-15(11-13)9-7-12-5-3-1-2-4-6-12/h12-13H,1-11H2,(H,16,17). The molecule has 1 unspecified atom stereocenters. The van der Waals surface area contributed by atoms with E-state index in [0.717, 1.165) is 32.0 Å². The van der Waals surface area contributed by atoms with Gasteiger partial charge in [-0.25, -0.2) is 0 Å². The van der Waals surface area contributed by atoms with Crippen molar-refractivity contribution in [1.29, 1.82) is 0 Å². The minimum atomic E-state index is -0.609. The molecule has 98 valence electrons. The first-order valence-electron chi connectivity index (χ1n) is 7.21. The van der Waals surface area contributed by atoms with Crippen LogP contribution in [0.25, 0.3) is 0 Å². The predicted octanol–water partition coefficient (Wildman–Crippen LogP) is 2.75. The Morgan fingerprint density at radius 3 is 2.41 bits per heavy atom. The molecular weight excluding hydrogens is 214 g/mol. The maximum absolute atomic E-state index is 10.9. The molecule has 1 atom stereocenters. The van der Waals surface area contributed by atoms with Gasteiger partial charge >= 0.3 is 5.97 Å². The number of hydrogen-bond acceptors (Lipinski definition) is 2. The second-order valence-electron chi connectivity index (χ2n) is 5.77. The average Bonchev–Trinajstić information content (AvgIpc) is 2.63. The summed E-state index contributed by atoms with van der Waals surface area (Å²) in [5.74, 6) is 0.187. The fourth-order valence-corrected chi connectivity index (χ4v) is 3.26. The number of aliphatic carboxylic acids is 1. The zero-order chi connectivity index (χ0) is 12.1. The molecule has 1 N–H and O–H groups in total. The molecule has 3 nitrogen and oxygen atoms in total. The van der Waals surface area contributed by atoms with E-state index >= 15 is 0 Å². The third kappa shape index (κ3) is 3.98. The largest absolute Gasteiger partial charge is 0.481 e. The van der Waals surface area contributed by atoms with Gasteiger partial charge in [-0.05, 0) is 31.8 Å². The first-order chi connectivity index (χ1) is 8.25. The highest BCUT2D eigenvalue weighted by atomic mass is 16.4. The lowest BCUT2D eigenvalue weighted by Crippen LogP contribution is -2.25. The highest BCUT2D eigenvalue weighted by Crippen LogP contribution is 2.26. The van der Waals surface area contributed by atoms with Crippen molar-refractivity contribution in [2.24, 2.45) is 11.8 Å². The van der Waals surface area contributed by atoms with Crippen molar-refractivity contribution < 1.29 is 9.90 Å². The third-order valence-electron chi connectivity index (χ3n) is 4.45. The third-order valence-corrected chi connectivity index (χ3v) is 4.45. The molecule has 0 aromatic heterocycles. The normalized spacial score (nSPS) is 28.1. The maximum Gasteiger partial charge on any atom is 0.307 e. The van der Waals surface area contributed by atoms with Crippen LogP contribution in [-0.2, 0) is 4.79 Å². The maximum atomic E-state index is 10.9. The van der Waals surface area contributed by atoms with Crippen LogP contribution in [0, 0.1) is 11.8 Å². The van der Waals surface area contributed by atoms with Gasteiger partial charge in [0.2, 0.25) is 0 Å². The minimum absolute atomic E-state index is 0.107. The average molecular weight is 239 g/mol. The van der Waals surface area contributed by atoms with E-state index in [0.29, 0.717) is 0 Å². The van der Waals surface area contributed by atoms with Crippen LogP contribution in [0.15, 0.2) is 0 Å². The van der Waals surface area contributed by atoms with Gasteiger partial charge in [0.05, 0.1) is 5.92 Å². The quantitative estimate of drug-likeness (QED) is 0.767. The van der Waals surface area contributed by atoms with Crippen LogP contribution in [0.5, 0.6) is 0 Å². The zero-order valence-electron chi connectivity index (χ0n) is 10.7. The van der Waals surface area contributed by atoms with Crippen LogP contribution in [0.2, 0.25) is 0 Å². The molecule has 0 radical (unpaired) electrons. The lowest BCUT2D eigenvalue weighted by atomic mass is 9.96. The van der Waals surface area contributed by atoms with Crippen molar-refractivity contribution in [3.8, 4) is 0 Å². The van der Waals surface area contributed by atoms with E-state index in [1.165, 1.54) is 44.9 Å². The SMILES string of the molecule is O=C(O)C1CCN(CCC2CCCCCC2)C1. The first kappa shape index (κ1) is 12.9. The van der Waals surface area contributed by atoms with Gasteiger partial charge in [-0.3, -0.25) is 4.79 Å². The Morgan fingerprint density at radius 1 is 1.12 bits per heavy atom. The van der Waals surface area contributed by atoms with E-state index in [4.69, 9.17) is 5.11 Å². The molecule has 1 aliphatic heterocycles. The molecule has 3 heteroatoms. The van der Waals surface area contributed by atoms with E-state index in [9.17, 15) is 4.79 Å². The molecule has 17 heavy (non-hydrogen) atoms. The number of rotatable bonds is 4. The predicted molar refractivity (Wildman–Crippen MR) is 68.0 cm³/mol. The summed E-state index contributed by atoms with van der Waals surface area (Å²) in [7, 11) is 0. The molecule has 1 saturated heterocycles. The van der Waals surface area contributed by atoms with E-state index in [2.05, 4.69) is 4.90 Å². The number of nitrogens with zero attached hydrogens (tertiary/aromatic N) is 1. The van der Waals surface area contributed by atoms with E-state index < -0.39 is 5.97 Å². The topological polar surface area (TPSA) is 40.5 Å². The summed E-state index contributed by atoms with van der Waals surface area (Å²) < 4.78 is 0. The molecule has 1 saturated carbocycles. The minimum Gasteiger partial charge on any atom is -0.481 e. The molecule has 0 spiro atoms. The molecule has 0 bridgehead atoms. The van der Waals surface area contributed by atoms with Crippen LogP contribution >= 0.6 is 0 Å². The molecule has 2 aliphatic rings. The number of likely N-dealkylation sites (tertiary alicyclic amines) is 1. The van der Waals surface area contributed by atoms with E-state index in [-0.39, 0.29) is 5.92 Å². The summed E-state index contributed by atoms with van der Waals surface area (Å²) in [6.07, 6.45) is 10.6. The molecular formula is C14H25NO2. The van der Waals surface area contributed by atoms with Crippen molar-refractivity contribution in [1.82, 2.24) is 4.90 Å². The summed E-state index contributed by atoms with van der Waals surface area (Å²) in [5.41, 5.74) is 0. The summed E-state index contributed by atoms with van der Waals surface area (Å²) in [5, 5.41) is 8.96. The summed E-state index contributed by atoms with van der Waals surface area (Å²) >= 11 is 0. The van der Waals surface area contributed by atoms with Crippen LogP contribution in [0.4, 0.5) is 0 Å². The van der Waals surface area contributed by atoms with Crippen LogP contribution in [0.1, 0.15) is 51.4 Å². The molecule has 0 amide bonds. The molecule has 0 aromatic rings. The summed E-state index contributed by atoms with van der Waals surface area (Å²) in [6, 6.07) is 0. The van der Waals surface area contributed by atoms with Gasteiger partial charge in [0.1, 0.15) is 0 Å². The van der Waals surface area contributed by atoms with Gasteiger partial charge in [-0.2, -0.15) is 0 Å². The first-order valence-corrected chi connectivity index (χ1v) is 7.21. The molecule has 0 aromatic carbocycles. The fourth-order valence-electron chi connectivity index (χ4n) is 3.26. The Balaban J connectivity index is 1.66. The highest BCUT2D eigenvalue weighted by Gasteiger charge is 2.27. The second-order valence-corrected chi connectivity index (χ2v) is 5.77. The molecule has 1 heterocycles. The number of carboxylic acids is 1. The Hall–Kier alpha value is -0.570. The van der Waals surface area contributed by atoms with Crippen LogP contribution < -0.4 is 0 Å². The van der Waals surface area contributed by atoms with Crippen molar-refractivity contribution in [3.05, 3.63) is 0 Å². The highest BCUT2D eigenvalue weighted by molar-refractivity contribution is 5.70. The Bertz CT molecular complexity index is 247. The van der Waals surface area contributed by atoms with E-state index in [1.807, 2.05) is 0 Å². The number of carbonyl (C=O) groups is 1. The fraction of sp³-hybridized carbons (Fsp3) is 0.929. The Kier molecular flexibility index (Phi) is 4.84.